The molecule has 0 spiro atoms. The van der Waals surface area contributed by atoms with Crippen molar-refractivity contribution in [2.75, 3.05) is 6.61 Å². The van der Waals surface area contributed by atoms with E-state index in [2.05, 4.69) is 12.1 Å². The maximum absolute atomic E-state index is 9.80. The molecule has 7 heteroatoms. The Labute approximate surface area is 228 Å². The van der Waals surface area contributed by atoms with Gasteiger partial charge in [-0.05, 0) is 22.8 Å². The summed E-state index contributed by atoms with van der Waals surface area (Å²) in [5.74, 6) is 0. The fourth-order valence-electron chi connectivity index (χ4n) is 4.69. The van der Waals surface area contributed by atoms with Crippen LogP contribution in [0.1, 0.15) is 34.2 Å². The zero-order valence-electron chi connectivity index (χ0n) is 21.4. The quantitative estimate of drug-likeness (QED) is 0.259. The lowest BCUT2D eigenvalue weighted by Crippen LogP contribution is -2.38. The molecule has 39 heavy (non-hydrogen) atoms. The van der Waals surface area contributed by atoms with E-state index >= 15 is 0 Å². The average Bonchev–Trinajstić information content (AvgIpc) is 3.57. The molecule has 7 nitrogen and oxygen atoms in total. The van der Waals surface area contributed by atoms with Crippen LogP contribution < -0.4 is 0 Å². The molecule has 0 radical (unpaired) electrons. The summed E-state index contributed by atoms with van der Waals surface area (Å²) >= 11 is 0. The van der Waals surface area contributed by atoms with Gasteiger partial charge in [-0.3, -0.25) is 0 Å². The van der Waals surface area contributed by atoms with E-state index < -0.39 is 24.5 Å². The van der Waals surface area contributed by atoms with E-state index in [0.29, 0.717) is 31.1 Å². The lowest BCUT2D eigenvalue weighted by Gasteiger charge is -2.26. The molecule has 0 saturated carbocycles. The third-order valence-corrected chi connectivity index (χ3v) is 6.62. The molecule has 0 N–H and O–H groups in total. The van der Waals surface area contributed by atoms with Gasteiger partial charge in [-0.15, -0.1) is 0 Å². The molecular formula is C32H29N3O4. The molecule has 1 aliphatic heterocycles. The Kier molecular flexibility index (Phi) is 8.80. The van der Waals surface area contributed by atoms with Crippen molar-refractivity contribution in [1.29, 1.82) is 10.5 Å². The number of hydrogen-bond acceptors (Lipinski definition) is 6. The zero-order chi connectivity index (χ0) is 26.9. The topological polar surface area (TPSA) is 89.4 Å². The monoisotopic (exact) mass is 519 g/mol. The van der Waals surface area contributed by atoms with Gasteiger partial charge in [-0.25, -0.2) is 0 Å². The second kappa shape index (κ2) is 13.0. The van der Waals surface area contributed by atoms with Crippen molar-refractivity contribution in [2.24, 2.45) is 0 Å². The molecule has 0 amide bonds. The minimum Gasteiger partial charge on any atom is -0.374 e. The SMILES string of the molecule is N#Cc1cc(C#N)n([C@@H]2O[C@H](COCc3ccccc3)[C@@H](OCc3ccccc3)[C@@H]2OCc2ccccc2)c1. The van der Waals surface area contributed by atoms with Crippen LogP contribution in [0.15, 0.2) is 103 Å². The fourth-order valence-corrected chi connectivity index (χ4v) is 4.69. The van der Waals surface area contributed by atoms with Gasteiger partial charge in [0.25, 0.3) is 0 Å². The standard InChI is InChI=1S/C32H29N3O4/c33-17-27-16-28(18-34)35(19-27)32-31(38-22-26-14-8-3-9-15-26)30(37-21-25-12-6-2-7-13-25)29(39-32)23-36-20-24-10-4-1-5-11-24/h1-16,19,29-32H,20-23H2/t29-,30-,31+,32-/m1/s1. The van der Waals surface area contributed by atoms with E-state index in [9.17, 15) is 10.5 Å². The second-order valence-corrected chi connectivity index (χ2v) is 9.33. The number of aromatic nitrogens is 1. The van der Waals surface area contributed by atoms with Crippen LogP contribution >= 0.6 is 0 Å². The molecule has 1 saturated heterocycles. The van der Waals surface area contributed by atoms with E-state index in [4.69, 9.17) is 18.9 Å². The van der Waals surface area contributed by atoms with E-state index in [1.165, 1.54) is 0 Å². The summed E-state index contributed by atoms with van der Waals surface area (Å²) in [6.45, 7) is 1.40. The van der Waals surface area contributed by atoms with Crippen molar-refractivity contribution in [3.63, 3.8) is 0 Å². The van der Waals surface area contributed by atoms with Crippen LogP contribution in [0, 0.1) is 22.7 Å². The van der Waals surface area contributed by atoms with Gasteiger partial charge in [0, 0.05) is 6.20 Å². The van der Waals surface area contributed by atoms with Crippen molar-refractivity contribution in [3.8, 4) is 12.1 Å². The van der Waals surface area contributed by atoms with Gasteiger partial charge in [-0.1, -0.05) is 91.0 Å². The number of nitrogens with zero attached hydrogens (tertiary/aromatic N) is 3. The van der Waals surface area contributed by atoms with Crippen LogP contribution in [0.2, 0.25) is 0 Å². The van der Waals surface area contributed by atoms with Gasteiger partial charge in [0.05, 0.1) is 32.0 Å². The highest BCUT2D eigenvalue weighted by atomic mass is 16.6. The summed E-state index contributed by atoms with van der Waals surface area (Å²) < 4.78 is 27.2. The second-order valence-electron chi connectivity index (χ2n) is 9.33. The maximum atomic E-state index is 9.80. The van der Waals surface area contributed by atoms with Gasteiger partial charge in [0.2, 0.25) is 0 Å². The summed E-state index contributed by atoms with van der Waals surface area (Å²) in [6, 6.07) is 35.6. The molecule has 3 aromatic carbocycles. The number of rotatable bonds is 11. The van der Waals surface area contributed by atoms with Gasteiger partial charge < -0.3 is 23.5 Å². The van der Waals surface area contributed by atoms with Crippen LogP contribution in [-0.4, -0.2) is 29.5 Å². The summed E-state index contributed by atoms with van der Waals surface area (Å²) in [6.07, 6.45) is -0.581. The predicted octanol–water partition coefficient (Wildman–Crippen LogP) is 5.52. The normalized spacial score (nSPS) is 20.4. The molecule has 4 atom stereocenters. The molecule has 5 rings (SSSR count). The van der Waals surface area contributed by atoms with Gasteiger partial charge in [0.1, 0.15) is 36.1 Å². The van der Waals surface area contributed by atoms with Gasteiger partial charge >= 0.3 is 0 Å². The highest BCUT2D eigenvalue weighted by Gasteiger charge is 2.48. The molecule has 196 valence electrons. The van der Waals surface area contributed by atoms with Crippen molar-refractivity contribution in [3.05, 3.63) is 131 Å². The van der Waals surface area contributed by atoms with Crippen molar-refractivity contribution < 1.29 is 18.9 Å². The van der Waals surface area contributed by atoms with Gasteiger partial charge in [-0.2, -0.15) is 10.5 Å². The molecule has 1 fully saturated rings. The minimum atomic E-state index is -0.684. The van der Waals surface area contributed by atoms with E-state index in [-0.39, 0.29) is 6.61 Å². The first kappa shape index (κ1) is 26.4. The summed E-state index contributed by atoms with van der Waals surface area (Å²) in [5.41, 5.74) is 3.78. The third-order valence-electron chi connectivity index (χ3n) is 6.62. The van der Waals surface area contributed by atoms with E-state index in [1.54, 1.807) is 16.8 Å². The van der Waals surface area contributed by atoms with Crippen LogP contribution in [0.5, 0.6) is 0 Å². The maximum Gasteiger partial charge on any atom is 0.164 e. The van der Waals surface area contributed by atoms with E-state index in [1.807, 2.05) is 91.0 Å². The lowest BCUT2D eigenvalue weighted by atomic mass is 10.1. The smallest absolute Gasteiger partial charge is 0.164 e. The van der Waals surface area contributed by atoms with Crippen LogP contribution in [0.4, 0.5) is 0 Å². The first-order chi connectivity index (χ1) is 19.2. The molecule has 1 aliphatic rings. The number of ether oxygens (including phenoxy) is 4. The van der Waals surface area contributed by atoms with E-state index in [0.717, 1.165) is 16.7 Å². The molecule has 0 bridgehead atoms. The molecule has 1 aromatic heterocycles. The Hall–Kier alpha value is -4.24. The fraction of sp³-hybridized carbons (Fsp3) is 0.250. The highest BCUT2D eigenvalue weighted by Crippen LogP contribution is 2.36. The van der Waals surface area contributed by atoms with Crippen LogP contribution in [0.25, 0.3) is 0 Å². The largest absolute Gasteiger partial charge is 0.374 e. The number of nitriles is 2. The Bertz CT molecular complexity index is 1410. The first-order valence-electron chi connectivity index (χ1n) is 12.9. The Morgan fingerprint density at radius 1 is 0.692 bits per heavy atom. The third kappa shape index (κ3) is 6.61. The Balaban J connectivity index is 1.42. The number of benzene rings is 3. The van der Waals surface area contributed by atoms with Crippen LogP contribution in [-0.2, 0) is 38.8 Å². The number of hydrogen-bond donors (Lipinski definition) is 0. The Morgan fingerprint density at radius 3 is 1.77 bits per heavy atom. The predicted molar refractivity (Wildman–Crippen MR) is 144 cm³/mol. The first-order valence-corrected chi connectivity index (χ1v) is 12.9. The average molecular weight is 520 g/mol. The van der Waals surface area contributed by atoms with Crippen molar-refractivity contribution >= 4 is 0 Å². The zero-order valence-corrected chi connectivity index (χ0v) is 21.4. The summed E-state index contributed by atoms with van der Waals surface area (Å²) in [4.78, 5) is 0. The molecule has 0 unspecified atom stereocenters. The summed E-state index contributed by atoms with van der Waals surface area (Å²) in [5, 5.41) is 19.3. The van der Waals surface area contributed by atoms with Gasteiger partial charge in [0.15, 0.2) is 6.23 Å². The minimum absolute atomic E-state index is 0.268. The highest BCUT2D eigenvalue weighted by molar-refractivity contribution is 5.36. The lowest BCUT2D eigenvalue weighted by molar-refractivity contribution is -0.0917. The van der Waals surface area contributed by atoms with Crippen molar-refractivity contribution in [2.45, 2.75) is 44.4 Å². The van der Waals surface area contributed by atoms with Crippen molar-refractivity contribution in [1.82, 2.24) is 4.57 Å². The Morgan fingerprint density at radius 2 is 1.23 bits per heavy atom. The molecule has 0 aliphatic carbocycles. The molecular weight excluding hydrogens is 490 g/mol. The van der Waals surface area contributed by atoms with Crippen LogP contribution in [0.3, 0.4) is 0 Å². The summed E-state index contributed by atoms with van der Waals surface area (Å²) in [7, 11) is 0. The molecule has 2 heterocycles. The molecule has 4 aromatic rings.